The highest BCUT2D eigenvalue weighted by Gasteiger charge is 2.33. The fraction of sp³-hybridized carbons (Fsp3) is 0.222. The predicted molar refractivity (Wildman–Crippen MR) is 96.1 cm³/mol. The number of ether oxygens (including phenoxy) is 2. The third-order valence-electron chi connectivity index (χ3n) is 3.89. The number of halogens is 4. The van der Waals surface area contributed by atoms with Crippen molar-refractivity contribution in [3.8, 4) is 11.5 Å². The van der Waals surface area contributed by atoms with Crippen LogP contribution in [0.2, 0.25) is 5.02 Å². The van der Waals surface area contributed by atoms with Crippen LogP contribution in [-0.4, -0.2) is 25.0 Å². The third kappa shape index (κ3) is 4.30. The van der Waals surface area contributed by atoms with Crippen molar-refractivity contribution in [3.63, 3.8) is 0 Å². The van der Waals surface area contributed by atoms with E-state index in [1.807, 2.05) is 0 Å². The second-order valence-corrected chi connectivity index (χ2v) is 6.31. The molecule has 1 aliphatic rings. The van der Waals surface area contributed by atoms with E-state index in [0.717, 1.165) is 12.1 Å². The Kier molecular flexibility index (Phi) is 5.37. The zero-order chi connectivity index (χ0) is 20.5. The number of carbonyl (C=O) groups excluding carboxylic acids is 2. The summed E-state index contributed by atoms with van der Waals surface area (Å²) < 4.78 is 49.1. The maximum atomic E-state index is 12.9. The molecule has 1 amide bonds. The van der Waals surface area contributed by atoms with Crippen molar-refractivity contribution in [2.24, 2.45) is 0 Å². The number of alkyl halides is 3. The Labute approximate surface area is 162 Å². The number of Topliss-reactive ketones (excluding diaryl/α,β-unsaturated/α-hetero) is 1. The summed E-state index contributed by atoms with van der Waals surface area (Å²) in [4.78, 5) is 24.0. The molecule has 2 N–H and O–H groups in total. The van der Waals surface area contributed by atoms with Gasteiger partial charge in [0.15, 0.2) is 17.3 Å². The molecule has 6 nitrogen and oxygen atoms in total. The minimum absolute atomic E-state index is 0.00371. The second kappa shape index (κ2) is 7.59. The van der Waals surface area contributed by atoms with Gasteiger partial charge in [0.05, 0.1) is 22.8 Å². The van der Waals surface area contributed by atoms with Gasteiger partial charge in [-0.1, -0.05) is 11.6 Å². The smallest absolute Gasteiger partial charge is 0.417 e. The SMILES string of the molecule is CC(=O)c1cc2c(cc1NC(=O)CNc1ccc(Cl)c(C(F)(F)F)c1)OCO2. The van der Waals surface area contributed by atoms with Gasteiger partial charge < -0.3 is 20.1 Å². The number of amides is 1. The molecule has 0 spiro atoms. The maximum Gasteiger partial charge on any atom is 0.417 e. The van der Waals surface area contributed by atoms with Gasteiger partial charge in [0.25, 0.3) is 0 Å². The van der Waals surface area contributed by atoms with Gasteiger partial charge in [-0.15, -0.1) is 0 Å². The summed E-state index contributed by atoms with van der Waals surface area (Å²) in [7, 11) is 0. The van der Waals surface area contributed by atoms with Crippen LogP contribution in [0.25, 0.3) is 0 Å². The molecular formula is C18H14ClF3N2O4. The number of hydrogen-bond acceptors (Lipinski definition) is 5. The van der Waals surface area contributed by atoms with Gasteiger partial charge in [0.1, 0.15) is 0 Å². The Morgan fingerprint density at radius 2 is 1.82 bits per heavy atom. The van der Waals surface area contributed by atoms with E-state index in [1.54, 1.807) is 0 Å². The van der Waals surface area contributed by atoms with E-state index in [-0.39, 0.29) is 36.1 Å². The number of benzene rings is 2. The molecule has 0 atom stereocenters. The number of hydrogen-bond donors (Lipinski definition) is 2. The molecule has 2 aromatic rings. The number of ketones is 1. The van der Waals surface area contributed by atoms with Gasteiger partial charge in [-0.25, -0.2) is 0 Å². The lowest BCUT2D eigenvalue weighted by atomic mass is 10.1. The van der Waals surface area contributed by atoms with Gasteiger partial charge in [-0.05, 0) is 31.2 Å². The number of anilines is 2. The van der Waals surface area contributed by atoms with Crippen LogP contribution in [0.1, 0.15) is 22.8 Å². The number of carbonyl (C=O) groups is 2. The van der Waals surface area contributed by atoms with Crippen LogP contribution in [0.15, 0.2) is 30.3 Å². The molecule has 0 fully saturated rings. The molecule has 0 aliphatic carbocycles. The molecule has 0 radical (unpaired) electrons. The van der Waals surface area contributed by atoms with Gasteiger partial charge in [-0.3, -0.25) is 9.59 Å². The first-order chi connectivity index (χ1) is 13.1. The minimum Gasteiger partial charge on any atom is -0.454 e. The van der Waals surface area contributed by atoms with Gasteiger partial charge in [0.2, 0.25) is 12.7 Å². The lowest BCUT2D eigenvalue weighted by molar-refractivity contribution is -0.137. The highest BCUT2D eigenvalue weighted by molar-refractivity contribution is 6.31. The van der Waals surface area contributed by atoms with E-state index in [2.05, 4.69) is 10.6 Å². The largest absolute Gasteiger partial charge is 0.454 e. The summed E-state index contributed by atoms with van der Waals surface area (Å²) in [5.41, 5.74) is -0.488. The van der Waals surface area contributed by atoms with Crippen molar-refractivity contribution < 1.29 is 32.2 Å². The van der Waals surface area contributed by atoms with Crippen LogP contribution in [0, 0.1) is 0 Å². The lowest BCUT2D eigenvalue weighted by Gasteiger charge is -2.13. The Bertz CT molecular complexity index is 947. The molecule has 2 aromatic carbocycles. The normalized spacial score (nSPS) is 12.6. The highest BCUT2D eigenvalue weighted by Crippen LogP contribution is 2.38. The summed E-state index contributed by atoms with van der Waals surface area (Å²) in [6.45, 7) is 1.01. The second-order valence-electron chi connectivity index (χ2n) is 5.90. The van der Waals surface area contributed by atoms with E-state index >= 15 is 0 Å². The minimum atomic E-state index is -4.61. The van der Waals surface area contributed by atoms with E-state index in [1.165, 1.54) is 25.1 Å². The molecule has 1 heterocycles. The molecule has 0 saturated heterocycles. The first-order valence-corrected chi connectivity index (χ1v) is 8.38. The van der Waals surface area contributed by atoms with Crippen molar-refractivity contribution in [1.29, 1.82) is 0 Å². The van der Waals surface area contributed by atoms with Gasteiger partial charge >= 0.3 is 6.18 Å². The fourth-order valence-corrected chi connectivity index (χ4v) is 2.79. The molecule has 0 bridgehead atoms. The predicted octanol–water partition coefficient (Wildman–Crippen LogP) is 4.34. The van der Waals surface area contributed by atoms with Crippen molar-refractivity contribution in [2.45, 2.75) is 13.1 Å². The average Bonchev–Trinajstić information content (AvgIpc) is 3.06. The van der Waals surface area contributed by atoms with Crippen LogP contribution >= 0.6 is 11.6 Å². The topological polar surface area (TPSA) is 76.7 Å². The first-order valence-electron chi connectivity index (χ1n) is 8.00. The van der Waals surface area contributed by atoms with Crippen LogP contribution in [0.4, 0.5) is 24.5 Å². The molecule has 0 unspecified atom stereocenters. The van der Waals surface area contributed by atoms with Crippen molar-refractivity contribution in [1.82, 2.24) is 0 Å². The zero-order valence-electron chi connectivity index (χ0n) is 14.4. The highest BCUT2D eigenvalue weighted by atomic mass is 35.5. The molecule has 3 rings (SSSR count). The Hall–Kier alpha value is -2.94. The molecule has 0 aromatic heterocycles. The first kappa shape index (κ1) is 19.8. The van der Waals surface area contributed by atoms with Crippen molar-refractivity contribution >= 4 is 34.7 Å². The molecule has 0 saturated carbocycles. The number of fused-ring (bicyclic) bond motifs is 1. The standard InChI is InChI=1S/C18H14ClF3N2O4/c1-9(25)11-5-15-16(28-8-27-15)6-14(11)24-17(26)7-23-10-2-3-13(19)12(4-10)18(20,21)22/h2-6,23H,7-8H2,1H3,(H,24,26). The summed E-state index contributed by atoms with van der Waals surface area (Å²) in [5.74, 6) is -0.0955. The molecule has 10 heteroatoms. The molecular weight excluding hydrogens is 401 g/mol. The lowest BCUT2D eigenvalue weighted by Crippen LogP contribution is -2.23. The average molecular weight is 415 g/mol. The van der Waals surface area contributed by atoms with Crippen LogP contribution in [0.5, 0.6) is 11.5 Å². The number of nitrogens with one attached hydrogen (secondary N) is 2. The molecule has 28 heavy (non-hydrogen) atoms. The number of rotatable bonds is 5. The van der Waals surface area contributed by atoms with Crippen LogP contribution < -0.4 is 20.1 Å². The van der Waals surface area contributed by atoms with Gasteiger partial charge in [-0.2, -0.15) is 13.2 Å². The zero-order valence-corrected chi connectivity index (χ0v) is 15.2. The van der Waals surface area contributed by atoms with Crippen LogP contribution in [-0.2, 0) is 11.0 Å². The Balaban J connectivity index is 1.71. The maximum absolute atomic E-state index is 12.9. The van der Waals surface area contributed by atoms with Crippen LogP contribution in [0.3, 0.4) is 0 Å². The fourth-order valence-electron chi connectivity index (χ4n) is 2.57. The van der Waals surface area contributed by atoms with E-state index in [4.69, 9.17) is 21.1 Å². The quantitative estimate of drug-likeness (QED) is 0.712. The van der Waals surface area contributed by atoms with E-state index in [0.29, 0.717) is 11.5 Å². The van der Waals surface area contributed by atoms with Crippen molar-refractivity contribution in [2.75, 3.05) is 24.0 Å². The Morgan fingerprint density at radius 1 is 1.14 bits per heavy atom. The summed E-state index contributed by atoms with van der Waals surface area (Å²) >= 11 is 5.56. The van der Waals surface area contributed by atoms with Gasteiger partial charge in [0, 0.05) is 17.3 Å². The summed E-state index contributed by atoms with van der Waals surface area (Å²) in [6, 6.07) is 6.16. The monoisotopic (exact) mass is 414 g/mol. The van der Waals surface area contributed by atoms with E-state index in [9.17, 15) is 22.8 Å². The molecule has 148 valence electrons. The Morgan fingerprint density at radius 3 is 2.46 bits per heavy atom. The summed E-state index contributed by atoms with van der Waals surface area (Å²) in [6.07, 6.45) is -4.61. The molecule has 1 aliphatic heterocycles. The van der Waals surface area contributed by atoms with E-state index < -0.39 is 22.7 Å². The third-order valence-corrected chi connectivity index (χ3v) is 4.22. The van der Waals surface area contributed by atoms with Crippen molar-refractivity contribution in [3.05, 3.63) is 46.5 Å². The summed E-state index contributed by atoms with van der Waals surface area (Å²) in [5, 5.41) is 4.70.